The molecule has 1 aliphatic heterocycles. The molecule has 0 N–H and O–H groups in total. The van der Waals surface area contributed by atoms with Crippen LogP contribution in [-0.4, -0.2) is 60.3 Å². The first-order valence-electron chi connectivity index (χ1n) is 11.2. The zero-order valence-corrected chi connectivity index (χ0v) is 18.8. The molecule has 0 amide bonds. The second-order valence-electron chi connectivity index (χ2n) is 8.52. The fraction of sp³-hybridized carbons (Fsp3) is 0.250. The van der Waals surface area contributed by atoms with Crippen molar-refractivity contribution >= 4 is 17.2 Å². The highest BCUT2D eigenvalue weighted by atomic mass is 19.1. The summed E-state index contributed by atoms with van der Waals surface area (Å²) in [6.07, 6.45) is 9.58. The van der Waals surface area contributed by atoms with Gasteiger partial charge >= 0.3 is 0 Å². The molecule has 0 saturated carbocycles. The molecule has 10 heteroatoms. The normalized spacial score (nSPS) is 14.3. The SMILES string of the molecule is Cn1cc(-c2ccc3c(N4CCN(c5ncn(Cc6ccc(F)cc6)n5)CC4)cnn3c2)cn1. The van der Waals surface area contributed by atoms with Crippen LogP contribution in [0.15, 0.2) is 67.5 Å². The van der Waals surface area contributed by atoms with E-state index in [1.165, 1.54) is 12.1 Å². The van der Waals surface area contributed by atoms with E-state index in [1.54, 1.807) is 27.8 Å². The summed E-state index contributed by atoms with van der Waals surface area (Å²) in [4.78, 5) is 9.05. The van der Waals surface area contributed by atoms with Gasteiger partial charge in [-0.25, -0.2) is 18.6 Å². The molecule has 1 aromatic carbocycles. The Bertz CT molecular complexity index is 1420. The van der Waals surface area contributed by atoms with E-state index >= 15 is 0 Å². The molecule has 1 aliphatic rings. The van der Waals surface area contributed by atoms with Crippen LogP contribution in [0, 0.1) is 5.82 Å². The molecule has 0 unspecified atom stereocenters. The summed E-state index contributed by atoms with van der Waals surface area (Å²) in [5, 5.41) is 13.5. The number of hydrogen-bond acceptors (Lipinski definition) is 6. The van der Waals surface area contributed by atoms with Crippen molar-refractivity contribution < 1.29 is 4.39 Å². The Morgan fingerprint density at radius 2 is 1.65 bits per heavy atom. The first-order chi connectivity index (χ1) is 16.6. The van der Waals surface area contributed by atoms with Gasteiger partial charge in [0, 0.05) is 56.7 Å². The van der Waals surface area contributed by atoms with Gasteiger partial charge in [0.25, 0.3) is 0 Å². The fourth-order valence-corrected chi connectivity index (χ4v) is 4.39. The first-order valence-corrected chi connectivity index (χ1v) is 11.2. The standard InChI is InChI=1S/C24H24FN9/c1-30-15-20(12-27-30)19-4-7-22-23(13-28-34(22)16-19)31-8-10-32(11-9-31)24-26-17-33(29-24)14-18-2-5-21(25)6-3-18/h2-7,12-13,15-17H,8-11,14H2,1H3. The van der Waals surface area contributed by atoms with E-state index in [0.29, 0.717) is 6.54 Å². The van der Waals surface area contributed by atoms with Crippen molar-refractivity contribution in [3.63, 3.8) is 0 Å². The maximum atomic E-state index is 13.1. The van der Waals surface area contributed by atoms with Crippen LogP contribution in [0.5, 0.6) is 0 Å². The van der Waals surface area contributed by atoms with Gasteiger partial charge in [-0.2, -0.15) is 10.2 Å². The van der Waals surface area contributed by atoms with Gasteiger partial charge in [-0.15, -0.1) is 5.10 Å². The van der Waals surface area contributed by atoms with Crippen molar-refractivity contribution in [2.75, 3.05) is 36.0 Å². The second-order valence-corrected chi connectivity index (χ2v) is 8.52. The van der Waals surface area contributed by atoms with Crippen LogP contribution in [0.1, 0.15) is 5.56 Å². The van der Waals surface area contributed by atoms with Crippen LogP contribution >= 0.6 is 0 Å². The molecular weight excluding hydrogens is 433 g/mol. The van der Waals surface area contributed by atoms with Gasteiger partial charge in [-0.05, 0) is 23.8 Å². The molecule has 6 rings (SSSR count). The second kappa shape index (κ2) is 8.29. The number of aromatic nitrogens is 7. The number of aryl methyl sites for hydroxylation is 1. The predicted molar refractivity (Wildman–Crippen MR) is 127 cm³/mol. The predicted octanol–water partition coefficient (Wildman–Crippen LogP) is 2.84. The Kier molecular flexibility index (Phi) is 4.97. The number of hydrogen-bond donors (Lipinski definition) is 0. The summed E-state index contributed by atoms with van der Waals surface area (Å²) in [6, 6.07) is 10.7. The van der Waals surface area contributed by atoms with Crippen molar-refractivity contribution in [3.05, 3.63) is 78.9 Å². The molecule has 0 spiro atoms. The van der Waals surface area contributed by atoms with E-state index in [4.69, 9.17) is 0 Å². The Labute approximate surface area is 195 Å². The smallest absolute Gasteiger partial charge is 0.244 e. The number of nitrogens with zero attached hydrogens (tertiary/aromatic N) is 9. The lowest BCUT2D eigenvalue weighted by Crippen LogP contribution is -2.47. The molecule has 0 radical (unpaired) electrons. The topological polar surface area (TPSA) is 72.3 Å². The Morgan fingerprint density at radius 1 is 0.853 bits per heavy atom. The number of anilines is 2. The highest BCUT2D eigenvalue weighted by molar-refractivity contribution is 5.75. The number of piperazine rings is 1. The van der Waals surface area contributed by atoms with Crippen LogP contribution in [0.3, 0.4) is 0 Å². The summed E-state index contributed by atoms with van der Waals surface area (Å²) in [6.45, 7) is 3.93. The van der Waals surface area contributed by atoms with Gasteiger partial charge in [0.05, 0.1) is 30.1 Å². The molecule has 4 aromatic heterocycles. The van der Waals surface area contributed by atoms with Crippen molar-refractivity contribution in [3.8, 4) is 11.1 Å². The minimum Gasteiger partial charge on any atom is -0.365 e. The van der Waals surface area contributed by atoms with Gasteiger partial charge in [-0.1, -0.05) is 18.2 Å². The molecule has 34 heavy (non-hydrogen) atoms. The lowest BCUT2D eigenvalue weighted by atomic mass is 10.1. The number of halogens is 1. The van der Waals surface area contributed by atoms with Gasteiger partial charge in [0.2, 0.25) is 5.95 Å². The van der Waals surface area contributed by atoms with Crippen LogP contribution in [0.2, 0.25) is 0 Å². The molecule has 9 nitrogen and oxygen atoms in total. The van der Waals surface area contributed by atoms with E-state index in [0.717, 1.165) is 60.0 Å². The lowest BCUT2D eigenvalue weighted by molar-refractivity contribution is 0.620. The Morgan fingerprint density at radius 3 is 2.41 bits per heavy atom. The highest BCUT2D eigenvalue weighted by Crippen LogP contribution is 2.26. The molecule has 5 aromatic rings. The van der Waals surface area contributed by atoms with E-state index in [9.17, 15) is 4.39 Å². The van der Waals surface area contributed by atoms with Crippen molar-refractivity contribution in [1.82, 2.24) is 34.2 Å². The Hall–Kier alpha value is -4.21. The lowest BCUT2D eigenvalue weighted by Gasteiger charge is -2.35. The van der Waals surface area contributed by atoms with E-state index in [2.05, 4.69) is 42.2 Å². The molecule has 5 heterocycles. The average Bonchev–Trinajstić information content (AvgIpc) is 3.60. The molecule has 172 valence electrons. The summed E-state index contributed by atoms with van der Waals surface area (Å²) < 4.78 is 18.7. The fourth-order valence-electron chi connectivity index (χ4n) is 4.39. The van der Waals surface area contributed by atoms with E-state index in [1.807, 2.05) is 36.4 Å². The van der Waals surface area contributed by atoms with Crippen molar-refractivity contribution in [2.24, 2.45) is 7.05 Å². The third-order valence-electron chi connectivity index (χ3n) is 6.22. The largest absolute Gasteiger partial charge is 0.365 e. The molecular formula is C24H24FN9. The van der Waals surface area contributed by atoms with Crippen LogP contribution in [0.4, 0.5) is 16.0 Å². The summed E-state index contributed by atoms with van der Waals surface area (Å²) >= 11 is 0. The third kappa shape index (κ3) is 3.87. The first kappa shape index (κ1) is 20.4. The van der Waals surface area contributed by atoms with Gasteiger partial charge < -0.3 is 9.80 Å². The Balaban J connectivity index is 1.12. The molecule has 0 bridgehead atoms. The zero-order valence-electron chi connectivity index (χ0n) is 18.8. The van der Waals surface area contributed by atoms with E-state index in [-0.39, 0.29) is 5.82 Å². The zero-order chi connectivity index (χ0) is 23.1. The van der Waals surface area contributed by atoms with Crippen LogP contribution in [0.25, 0.3) is 16.6 Å². The van der Waals surface area contributed by atoms with Crippen LogP contribution in [-0.2, 0) is 13.6 Å². The van der Waals surface area contributed by atoms with Crippen molar-refractivity contribution in [1.29, 1.82) is 0 Å². The monoisotopic (exact) mass is 457 g/mol. The van der Waals surface area contributed by atoms with Crippen LogP contribution < -0.4 is 9.80 Å². The van der Waals surface area contributed by atoms with Gasteiger partial charge in [0.1, 0.15) is 12.1 Å². The summed E-state index contributed by atoms with van der Waals surface area (Å²) in [5.41, 5.74) is 5.36. The number of fused-ring (bicyclic) bond motifs is 1. The molecule has 1 fully saturated rings. The van der Waals surface area contributed by atoms with Gasteiger partial charge in [0.15, 0.2) is 0 Å². The van der Waals surface area contributed by atoms with E-state index < -0.39 is 0 Å². The number of benzene rings is 1. The summed E-state index contributed by atoms with van der Waals surface area (Å²) in [7, 11) is 1.92. The number of rotatable bonds is 5. The van der Waals surface area contributed by atoms with Gasteiger partial charge in [-0.3, -0.25) is 4.68 Å². The highest BCUT2D eigenvalue weighted by Gasteiger charge is 2.22. The third-order valence-corrected chi connectivity index (χ3v) is 6.22. The number of pyridine rings is 1. The molecule has 0 aliphatic carbocycles. The quantitative estimate of drug-likeness (QED) is 0.404. The average molecular weight is 458 g/mol. The maximum absolute atomic E-state index is 13.1. The summed E-state index contributed by atoms with van der Waals surface area (Å²) in [5.74, 6) is 0.490. The minimum atomic E-state index is -0.235. The molecule has 1 saturated heterocycles. The van der Waals surface area contributed by atoms with Crippen molar-refractivity contribution in [2.45, 2.75) is 6.54 Å². The maximum Gasteiger partial charge on any atom is 0.244 e. The minimum absolute atomic E-state index is 0.235. The molecule has 0 atom stereocenters.